The molecule has 1 aromatic rings. The predicted molar refractivity (Wildman–Crippen MR) is 92.2 cm³/mol. The van der Waals surface area contributed by atoms with Gasteiger partial charge in [-0.2, -0.15) is 11.8 Å². The molecule has 1 atom stereocenters. The maximum Gasteiger partial charge on any atom is 0.328 e. The summed E-state index contributed by atoms with van der Waals surface area (Å²) in [5.41, 5.74) is 1.80. The van der Waals surface area contributed by atoms with E-state index in [0.717, 1.165) is 16.9 Å². The monoisotopic (exact) mass is 341 g/mol. The molecule has 22 heavy (non-hydrogen) atoms. The van der Waals surface area contributed by atoms with Crippen LogP contribution in [0.25, 0.3) is 6.08 Å². The number of benzene rings is 1. The molecule has 0 heterocycles. The van der Waals surface area contributed by atoms with Gasteiger partial charge in [-0.15, -0.1) is 0 Å². The first-order chi connectivity index (χ1) is 10.5. The van der Waals surface area contributed by atoms with Crippen LogP contribution in [0.2, 0.25) is 5.02 Å². The maximum atomic E-state index is 11.9. The van der Waals surface area contributed by atoms with Crippen LogP contribution in [0.1, 0.15) is 17.5 Å². The van der Waals surface area contributed by atoms with Crippen molar-refractivity contribution in [2.45, 2.75) is 19.4 Å². The summed E-state index contributed by atoms with van der Waals surface area (Å²) in [5.74, 6) is -0.0143. The molecule has 6 heteroatoms. The molecule has 0 spiro atoms. The molecule has 4 nitrogen and oxygen atoms in total. The Kier molecular flexibility index (Phi) is 8.06. The van der Waals surface area contributed by atoms with Crippen molar-refractivity contribution in [1.29, 1.82) is 0 Å². The van der Waals surface area contributed by atoms with Gasteiger partial charge in [-0.25, -0.2) is 4.79 Å². The molecular formula is C16H20ClNO3S. The van der Waals surface area contributed by atoms with Gasteiger partial charge in [0.05, 0.1) is 7.11 Å². The molecule has 0 aromatic heterocycles. The SMILES string of the molecule is COC(=O)[C@@H](CCSC)NC(=O)/C=C/c1ccc(C)c(Cl)c1. The minimum absolute atomic E-state index is 0.340. The van der Waals surface area contributed by atoms with E-state index in [0.29, 0.717) is 11.4 Å². The van der Waals surface area contributed by atoms with Crippen LogP contribution in [0.5, 0.6) is 0 Å². The standard InChI is InChI=1S/C16H20ClNO3S/c1-11-4-5-12(10-13(11)17)6-7-15(19)18-14(8-9-22-3)16(20)21-2/h4-7,10,14H,8-9H2,1-3H3,(H,18,19)/b7-6+/t14-/m1/s1. The number of aryl methyl sites for hydroxylation is 1. The summed E-state index contributed by atoms with van der Waals surface area (Å²) >= 11 is 7.64. The molecule has 0 fully saturated rings. The fourth-order valence-electron chi connectivity index (χ4n) is 1.73. The van der Waals surface area contributed by atoms with Gasteiger partial charge in [0.2, 0.25) is 5.91 Å². The fraction of sp³-hybridized carbons (Fsp3) is 0.375. The number of hydrogen-bond donors (Lipinski definition) is 1. The van der Waals surface area contributed by atoms with E-state index < -0.39 is 12.0 Å². The lowest BCUT2D eigenvalue weighted by Gasteiger charge is -2.14. The predicted octanol–water partition coefficient (Wildman–Crippen LogP) is 3.07. The average molecular weight is 342 g/mol. The number of hydrogen-bond acceptors (Lipinski definition) is 4. The molecule has 0 saturated carbocycles. The molecule has 0 aliphatic heterocycles. The lowest BCUT2D eigenvalue weighted by molar-refractivity contribution is -0.144. The number of rotatable bonds is 7. The van der Waals surface area contributed by atoms with Gasteiger partial charge in [-0.1, -0.05) is 23.7 Å². The number of methoxy groups -OCH3 is 1. The Balaban J connectivity index is 2.67. The summed E-state index contributed by atoms with van der Waals surface area (Å²) in [6, 6.07) is 4.91. The van der Waals surface area contributed by atoms with E-state index in [4.69, 9.17) is 16.3 Å². The molecular weight excluding hydrogens is 322 g/mol. The van der Waals surface area contributed by atoms with Crippen LogP contribution in [0.4, 0.5) is 0 Å². The number of carbonyl (C=O) groups is 2. The van der Waals surface area contributed by atoms with E-state index in [9.17, 15) is 9.59 Å². The van der Waals surface area contributed by atoms with Crippen molar-refractivity contribution in [3.63, 3.8) is 0 Å². The third kappa shape index (κ3) is 6.12. The summed E-state index contributed by atoms with van der Waals surface area (Å²) in [5, 5.41) is 3.30. The van der Waals surface area contributed by atoms with Crippen LogP contribution in [0, 0.1) is 6.92 Å². The second kappa shape index (κ2) is 9.54. The average Bonchev–Trinajstić information content (AvgIpc) is 2.51. The summed E-state index contributed by atoms with van der Waals surface area (Å²) < 4.78 is 4.70. The number of ether oxygens (including phenoxy) is 1. The second-order valence-corrected chi connectivity index (χ2v) is 6.10. The lowest BCUT2D eigenvalue weighted by atomic mass is 10.1. The molecule has 1 amide bonds. The van der Waals surface area contributed by atoms with Crippen LogP contribution < -0.4 is 5.32 Å². The fourth-order valence-corrected chi connectivity index (χ4v) is 2.39. The highest BCUT2D eigenvalue weighted by atomic mass is 35.5. The Hall–Kier alpha value is -1.46. The van der Waals surface area contributed by atoms with E-state index in [-0.39, 0.29) is 5.91 Å². The largest absolute Gasteiger partial charge is 0.467 e. The van der Waals surface area contributed by atoms with E-state index >= 15 is 0 Å². The summed E-state index contributed by atoms with van der Waals surface area (Å²) in [7, 11) is 1.31. The quantitative estimate of drug-likeness (QED) is 0.611. The maximum absolute atomic E-state index is 11.9. The van der Waals surface area contributed by atoms with Crippen LogP contribution in [0.15, 0.2) is 24.3 Å². The Morgan fingerprint density at radius 3 is 2.77 bits per heavy atom. The van der Waals surface area contributed by atoms with Crippen molar-refractivity contribution in [3.8, 4) is 0 Å². The van der Waals surface area contributed by atoms with Crippen LogP contribution >= 0.6 is 23.4 Å². The van der Waals surface area contributed by atoms with Gasteiger partial charge in [0, 0.05) is 11.1 Å². The van der Waals surface area contributed by atoms with Crippen molar-refractivity contribution >= 4 is 41.3 Å². The van der Waals surface area contributed by atoms with Crippen molar-refractivity contribution in [2.75, 3.05) is 19.1 Å². The smallest absolute Gasteiger partial charge is 0.328 e. The Labute approximate surface area is 140 Å². The van der Waals surface area contributed by atoms with Crippen molar-refractivity contribution < 1.29 is 14.3 Å². The van der Waals surface area contributed by atoms with E-state index in [1.54, 1.807) is 23.9 Å². The van der Waals surface area contributed by atoms with Crippen LogP contribution in [-0.4, -0.2) is 37.0 Å². The minimum atomic E-state index is -0.629. The minimum Gasteiger partial charge on any atom is -0.467 e. The zero-order valence-corrected chi connectivity index (χ0v) is 14.5. The Bertz CT molecular complexity index is 560. The normalized spacial score (nSPS) is 12.2. The zero-order chi connectivity index (χ0) is 16.5. The van der Waals surface area contributed by atoms with E-state index in [1.165, 1.54) is 13.2 Å². The number of esters is 1. The highest BCUT2D eigenvalue weighted by molar-refractivity contribution is 7.98. The number of nitrogens with one attached hydrogen (secondary N) is 1. The number of amides is 1. The number of carbonyl (C=O) groups excluding carboxylic acids is 2. The van der Waals surface area contributed by atoms with E-state index in [2.05, 4.69) is 5.32 Å². The molecule has 1 aromatic carbocycles. The van der Waals surface area contributed by atoms with Gasteiger partial charge in [-0.05, 0) is 48.6 Å². The molecule has 0 aliphatic rings. The molecule has 1 rings (SSSR count). The van der Waals surface area contributed by atoms with Crippen molar-refractivity contribution in [3.05, 3.63) is 40.4 Å². The topological polar surface area (TPSA) is 55.4 Å². The first-order valence-corrected chi connectivity index (χ1v) is 8.56. The Morgan fingerprint density at radius 2 is 2.18 bits per heavy atom. The van der Waals surface area contributed by atoms with Crippen molar-refractivity contribution in [2.24, 2.45) is 0 Å². The third-order valence-electron chi connectivity index (χ3n) is 3.04. The van der Waals surface area contributed by atoms with Gasteiger partial charge >= 0.3 is 5.97 Å². The molecule has 0 bridgehead atoms. The molecule has 120 valence electrons. The Morgan fingerprint density at radius 1 is 1.45 bits per heavy atom. The molecule has 0 saturated heterocycles. The van der Waals surface area contributed by atoms with Gasteiger partial charge in [0.25, 0.3) is 0 Å². The lowest BCUT2D eigenvalue weighted by Crippen LogP contribution is -2.41. The first kappa shape index (κ1) is 18.6. The third-order valence-corrected chi connectivity index (χ3v) is 4.09. The van der Waals surface area contributed by atoms with Gasteiger partial charge in [0.15, 0.2) is 0 Å². The van der Waals surface area contributed by atoms with Gasteiger partial charge in [0.1, 0.15) is 6.04 Å². The highest BCUT2D eigenvalue weighted by Gasteiger charge is 2.19. The number of halogens is 1. The van der Waals surface area contributed by atoms with E-state index in [1.807, 2.05) is 25.3 Å². The van der Waals surface area contributed by atoms with Crippen LogP contribution in [0.3, 0.4) is 0 Å². The molecule has 0 radical (unpaired) electrons. The van der Waals surface area contributed by atoms with Gasteiger partial charge in [-0.3, -0.25) is 4.79 Å². The molecule has 1 N–H and O–H groups in total. The molecule has 0 unspecified atom stereocenters. The summed E-state index contributed by atoms with van der Waals surface area (Å²) in [6.07, 6.45) is 5.51. The number of thioether (sulfide) groups is 1. The second-order valence-electron chi connectivity index (χ2n) is 4.71. The molecule has 0 aliphatic carbocycles. The van der Waals surface area contributed by atoms with Crippen LogP contribution in [-0.2, 0) is 14.3 Å². The highest BCUT2D eigenvalue weighted by Crippen LogP contribution is 2.17. The summed E-state index contributed by atoms with van der Waals surface area (Å²) in [6.45, 7) is 1.91. The van der Waals surface area contributed by atoms with Gasteiger partial charge < -0.3 is 10.1 Å². The van der Waals surface area contributed by atoms with Crippen molar-refractivity contribution in [1.82, 2.24) is 5.32 Å². The first-order valence-electron chi connectivity index (χ1n) is 6.79. The summed E-state index contributed by atoms with van der Waals surface area (Å²) in [4.78, 5) is 23.5. The zero-order valence-electron chi connectivity index (χ0n) is 12.9.